The Labute approximate surface area is 121 Å². The first-order chi connectivity index (χ1) is 9.36. The fourth-order valence-corrected chi connectivity index (χ4v) is 4.65. The number of thioether (sulfide) groups is 1. The molecule has 0 saturated heterocycles. The zero-order valence-corrected chi connectivity index (χ0v) is 12.7. The summed E-state index contributed by atoms with van der Waals surface area (Å²) in [7, 11) is 0. The first-order valence-corrected chi connectivity index (χ1v) is 8.94. The van der Waals surface area contributed by atoms with Crippen LogP contribution in [0.3, 0.4) is 0 Å². The molecule has 1 unspecified atom stereocenters. The summed E-state index contributed by atoms with van der Waals surface area (Å²) in [6, 6.07) is 10.3. The highest BCUT2D eigenvalue weighted by Crippen LogP contribution is 2.34. The monoisotopic (exact) mass is 275 g/mol. The van der Waals surface area contributed by atoms with Crippen LogP contribution in [-0.2, 0) is 5.75 Å². The molecular formula is C17H25NS. The summed E-state index contributed by atoms with van der Waals surface area (Å²) in [5.41, 5.74) is 3.09. The summed E-state index contributed by atoms with van der Waals surface area (Å²) in [4.78, 5) is 0. The van der Waals surface area contributed by atoms with E-state index in [0.29, 0.717) is 6.04 Å². The Morgan fingerprint density at radius 1 is 1.16 bits per heavy atom. The average molecular weight is 275 g/mol. The van der Waals surface area contributed by atoms with E-state index in [0.717, 1.165) is 12.0 Å². The van der Waals surface area contributed by atoms with Gasteiger partial charge in [0.2, 0.25) is 0 Å². The van der Waals surface area contributed by atoms with E-state index in [2.05, 4.69) is 48.3 Å². The van der Waals surface area contributed by atoms with Crippen LogP contribution < -0.4 is 5.32 Å². The van der Waals surface area contributed by atoms with Crippen molar-refractivity contribution in [2.75, 3.05) is 5.75 Å². The summed E-state index contributed by atoms with van der Waals surface area (Å²) in [6.45, 7) is 2.34. The molecule has 1 aromatic carbocycles. The predicted octanol–water partition coefficient (Wildman–Crippen LogP) is 4.53. The summed E-state index contributed by atoms with van der Waals surface area (Å²) in [6.07, 6.45) is 6.98. The SMILES string of the molecule is CCC1CCC(NC2CSCc3ccccc32)CC1. The molecular weight excluding hydrogens is 250 g/mol. The second kappa shape index (κ2) is 6.32. The molecule has 0 amide bonds. The number of hydrogen-bond acceptors (Lipinski definition) is 2. The molecule has 1 heterocycles. The van der Waals surface area contributed by atoms with E-state index in [1.165, 1.54) is 43.6 Å². The lowest BCUT2D eigenvalue weighted by molar-refractivity contribution is 0.273. The molecule has 0 aromatic heterocycles. The van der Waals surface area contributed by atoms with Gasteiger partial charge in [-0.05, 0) is 42.7 Å². The highest BCUT2D eigenvalue weighted by molar-refractivity contribution is 7.98. The second-order valence-corrected chi connectivity index (χ2v) is 7.09. The van der Waals surface area contributed by atoms with Gasteiger partial charge in [0, 0.05) is 23.6 Å². The third-order valence-electron chi connectivity index (χ3n) is 4.83. The fourth-order valence-electron chi connectivity index (χ4n) is 3.54. The van der Waals surface area contributed by atoms with Gasteiger partial charge >= 0.3 is 0 Å². The van der Waals surface area contributed by atoms with Crippen molar-refractivity contribution in [3.8, 4) is 0 Å². The van der Waals surface area contributed by atoms with Crippen LogP contribution in [0.2, 0.25) is 0 Å². The number of benzene rings is 1. The standard InChI is InChI=1S/C17H25NS/c1-2-13-7-9-15(10-8-13)18-17-12-19-11-14-5-3-4-6-16(14)17/h3-6,13,15,17-18H,2,7-12H2,1H3. The minimum absolute atomic E-state index is 0.582. The quantitative estimate of drug-likeness (QED) is 0.869. The van der Waals surface area contributed by atoms with Crippen LogP contribution in [0.4, 0.5) is 0 Å². The number of nitrogens with one attached hydrogen (secondary N) is 1. The maximum Gasteiger partial charge on any atom is 0.0417 e. The van der Waals surface area contributed by atoms with Gasteiger partial charge in [-0.25, -0.2) is 0 Å². The zero-order valence-electron chi connectivity index (χ0n) is 11.9. The van der Waals surface area contributed by atoms with Gasteiger partial charge in [0.1, 0.15) is 0 Å². The van der Waals surface area contributed by atoms with E-state index < -0.39 is 0 Å². The van der Waals surface area contributed by atoms with Gasteiger partial charge in [-0.15, -0.1) is 0 Å². The predicted molar refractivity (Wildman–Crippen MR) is 84.5 cm³/mol. The van der Waals surface area contributed by atoms with Crippen LogP contribution in [0.15, 0.2) is 24.3 Å². The minimum Gasteiger partial charge on any atom is -0.306 e. The second-order valence-electron chi connectivity index (χ2n) is 6.06. The molecule has 19 heavy (non-hydrogen) atoms. The molecule has 0 bridgehead atoms. The van der Waals surface area contributed by atoms with Crippen LogP contribution in [0.25, 0.3) is 0 Å². The molecule has 1 nitrogen and oxygen atoms in total. The van der Waals surface area contributed by atoms with Gasteiger partial charge in [-0.2, -0.15) is 11.8 Å². The fraction of sp³-hybridized carbons (Fsp3) is 0.647. The minimum atomic E-state index is 0.582. The summed E-state index contributed by atoms with van der Waals surface area (Å²) in [5, 5.41) is 3.94. The first-order valence-electron chi connectivity index (χ1n) is 7.78. The molecule has 1 aliphatic carbocycles. The van der Waals surface area contributed by atoms with Crippen molar-refractivity contribution in [1.29, 1.82) is 0 Å². The molecule has 1 atom stereocenters. The highest BCUT2D eigenvalue weighted by atomic mass is 32.2. The van der Waals surface area contributed by atoms with Crippen LogP contribution in [0, 0.1) is 5.92 Å². The lowest BCUT2D eigenvalue weighted by atomic mass is 9.84. The number of rotatable bonds is 3. The van der Waals surface area contributed by atoms with Crippen molar-refractivity contribution in [1.82, 2.24) is 5.32 Å². The van der Waals surface area contributed by atoms with Gasteiger partial charge in [-0.1, -0.05) is 37.6 Å². The molecule has 1 aromatic rings. The average Bonchev–Trinajstić information content (AvgIpc) is 2.48. The van der Waals surface area contributed by atoms with E-state index in [1.54, 1.807) is 11.1 Å². The molecule has 0 spiro atoms. The van der Waals surface area contributed by atoms with Gasteiger partial charge in [0.25, 0.3) is 0 Å². The maximum atomic E-state index is 3.94. The van der Waals surface area contributed by atoms with Gasteiger partial charge in [0.15, 0.2) is 0 Å². The summed E-state index contributed by atoms with van der Waals surface area (Å²) < 4.78 is 0. The smallest absolute Gasteiger partial charge is 0.0417 e. The van der Waals surface area contributed by atoms with Crippen molar-refractivity contribution < 1.29 is 0 Å². The van der Waals surface area contributed by atoms with Crippen molar-refractivity contribution >= 4 is 11.8 Å². The molecule has 2 aliphatic rings. The lowest BCUT2D eigenvalue weighted by Gasteiger charge is -2.34. The Balaban J connectivity index is 1.62. The normalized spacial score (nSPS) is 30.9. The van der Waals surface area contributed by atoms with Crippen LogP contribution in [0.1, 0.15) is 56.2 Å². The van der Waals surface area contributed by atoms with Gasteiger partial charge in [0.05, 0.1) is 0 Å². The Morgan fingerprint density at radius 2 is 1.95 bits per heavy atom. The molecule has 1 fully saturated rings. The van der Waals surface area contributed by atoms with Gasteiger partial charge in [-0.3, -0.25) is 0 Å². The first kappa shape index (κ1) is 13.5. The van der Waals surface area contributed by atoms with E-state index in [9.17, 15) is 0 Å². The third-order valence-corrected chi connectivity index (χ3v) is 5.92. The molecule has 2 heteroatoms. The molecule has 0 radical (unpaired) electrons. The van der Waals surface area contributed by atoms with Crippen LogP contribution in [-0.4, -0.2) is 11.8 Å². The van der Waals surface area contributed by atoms with Crippen molar-refractivity contribution in [2.45, 2.75) is 56.9 Å². The highest BCUT2D eigenvalue weighted by Gasteiger charge is 2.25. The van der Waals surface area contributed by atoms with E-state index in [-0.39, 0.29) is 0 Å². The summed E-state index contributed by atoms with van der Waals surface area (Å²) in [5.74, 6) is 3.42. The Morgan fingerprint density at radius 3 is 2.74 bits per heavy atom. The topological polar surface area (TPSA) is 12.0 Å². The number of hydrogen-bond donors (Lipinski definition) is 1. The maximum absolute atomic E-state index is 3.94. The van der Waals surface area contributed by atoms with Crippen LogP contribution in [0.5, 0.6) is 0 Å². The van der Waals surface area contributed by atoms with Crippen molar-refractivity contribution in [3.63, 3.8) is 0 Å². The molecule has 3 rings (SSSR count). The molecule has 1 N–H and O–H groups in total. The van der Waals surface area contributed by atoms with E-state index in [4.69, 9.17) is 0 Å². The third kappa shape index (κ3) is 3.17. The number of fused-ring (bicyclic) bond motifs is 1. The van der Waals surface area contributed by atoms with Crippen molar-refractivity contribution in [2.24, 2.45) is 5.92 Å². The largest absolute Gasteiger partial charge is 0.306 e. The Bertz CT molecular complexity index is 409. The molecule has 1 saturated carbocycles. The lowest BCUT2D eigenvalue weighted by Crippen LogP contribution is -2.38. The van der Waals surface area contributed by atoms with E-state index >= 15 is 0 Å². The Hall–Kier alpha value is -0.470. The summed E-state index contributed by atoms with van der Waals surface area (Å²) >= 11 is 2.08. The molecule has 1 aliphatic heterocycles. The molecule has 104 valence electrons. The van der Waals surface area contributed by atoms with Crippen molar-refractivity contribution in [3.05, 3.63) is 35.4 Å². The zero-order chi connectivity index (χ0) is 13.1. The Kier molecular flexibility index (Phi) is 4.49. The van der Waals surface area contributed by atoms with Crippen LogP contribution >= 0.6 is 11.8 Å². The van der Waals surface area contributed by atoms with E-state index in [1.807, 2.05) is 0 Å². The van der Waals surface area contributed by atoms with Gasteiger partial charge < -0.3 is 5.32 Å².